The van der Waals surface area contributed by atoms with Gasteiger partial charge >= 0.3 is 0 Å². The van der Waals surface area contributed by atoms with Crippen LogP contribution >= 0.6 is 0 Å². The van der Waals surface area contributed by atoms with Crippen LogP contribution < -0.4 is 5.32 Å². The Bertz CT molecular complexity index is 132. The highest BCUT2D eigenvalue weighted by atomic mass is 16.5. The Kier molecular flexibility index (Phi) is 4.74. The highest BCUT2D eigenvalue weighted by Crippen LogP contribution is 2.23. The maximum absolute atomic E-state index is 5.44. The third-order valence-electron chi connectivity index (χ3n) is 3.17. The smallest absolute Gasteiger partial charge is 0.0510 e. The number of nitrogens with one attached hydrogen (secondary N) is 1. The van der Waals surface area contributed by atoms with Crippen molar-refractivity contribution < 1.29 is 4.74 Å². The molecular weight excluding hydrogens is 162 g/mol. The van der Waals surface area contributed by atoms with Gasteiger partial charge in [-0.15, -0.1) is 0 Å². The van der Waals surface area contributed by atoms with Crippen molar-refractivity contribution in [3.63, 3.8) is 0 Å². The van der Waals surface area contributed by atoms with E-state index in [-0.39, 0.29) is 0 Å². The van der Waals surface area contributed by atoms with Gasteiger partial charge in [-0.3, -0.25) is 0 Å². The number of ether oxygens (including phenoxy) is 1. The molecule has 1 heterocycles. The topological polar surface area (TPSA) is 21.3 Å². The summed E-state index contributed by atoms with van der Waals surface area (Å²) in [5, 5.41) is 3.60. The fourth-order valence-electron chi connectivity index (χ4n) is 2.16. The third kappa shape index (κ3) is 2.96. The van der Waals surface area contributed by atoms with Crippen LogP contribution in [0.3, 0.4) is 0 Å². The molecule has 3 atom stereocenters. The third-order valence-corrected chi connectivity index (χ3v) is 3.17. The minimum atomic E-state index is 0.664. The SMILES string of the molecule is CCNC(C(C)CC)C1CCOC1. The lowest BCUT2D eigenvalue weighted by atomic mass is 9.87. The van der Waals surface area contributed by atoms with Gasteiger partial charge in [-0.2, -0.15) is 0 Å². The normalized spacial score (nSPS) is 27.5. The van der Waals surface area contributed by atoms with E-state index in [2.05, 4.69) is 26.1 Å². The molecule has 1 N–H and O–H groups in total. The van der Waals surface area contributed by atoms with E-state index >= 15 is 0 Å². The van der Waals surface area contributed by atoms with E-state index in [1.807, 2.05) is 0 Å². The highest BCUT2D eigenvalue weighted by Gasteiger charge is 2.28. The summed E-state index contributed by atoms with van der Waals surface area (Å²) >= 11 is 0. The van der Waals surface area contributed by atoms with Crippen LogP contribution in [0, 0.1) is 11.8 Å². The molecule has 0 aromatic heterocycles. The van der Waals surface area contributed by atoms with Gasteiger partial charge in [0.05, 0.1) is 6.61 Å². The summed E-state index contributed by atoms with van der Waals surface area (Å²) in [5.41, 5.74) is 0. The van der Waals surface area contributed by atoms with E-state index in [9.17, 15) is 0 Å². The molecule has 2 heteroatoms. The Labute approximate surface area is 82.0 Å². The number of rotatable bonds is 5. The first kappa shape index (κ1) is 11.0. The van der Waals surface area contributed by atoms with Crippen molar-refractivity contribution in [2.45, 2.75) is 39.7 Å². The molecule has 0 aromatic carbocycles. The van der Waals surface area contributed by atoms with E-state index in [1.54, 1.807) is 0 Å². The van der Waals surface area contributed by atoms with Gasteiger partial charge in [-0.25, -0.2) is 0 Å². The molecule has 78 valence electrons. The fourth-order valence-corrected chi connectivity index (χ4v) is 2.16. The Morgan fingerprint density at radius 2 is 2.23 bits per heavy atom. The Balaban J connectivity index is 2.44. The van der Waals surface area contributed by atoms with Gasteiger partial charge in [-0.05, 0) is 18.9 Å². The molecule has 0 aliphatic carbocycles. The average Bonchev–Trinajstić information content (AvgIpc) is 2.65. The average molecular weight is 185 g/mol. The van der Waals surface area contributed by atoms with Gasteiger partial charge in [0.1, 0.15) is 0 Å². The summed E-state index contributed by atoms with van der Waals surface area (Å²) in [7, 11) is 0. The number of hydrogen-bond acceptors (Lipinski definition) is 2. The maximum atomic E-state index is 5.44. The van der Waals surface area contributed by atoms with Gasteiger partial charge in [0.15, 0.2) is 0 Å². The van der Waals surface area contributed by atoms with Crippen molar-refractivity contribution >= 4 is 0 Å². The molecule has 0 amide bonds. The Hall–Kier alpha value is -0.0800. The standard InChI is InChI=1S/C11H23NO/c1-4-9(3)11(12-5-2)10-6-7-13-8-10/h9-12H,4-8H2,1-3H3. The first-order valence-corrected chi connectivity index (χ1v) is 5.60. The summed E-state index contributed by atoms with van der Waals surface area (Å²) in [6.07, 6.45) is 2.50. The fraction of sp³-hybridized carbons (Fsp3) is 1.00. The highest BCUT2D eigenvalue weighted by molar-refractivity contribution is 4.82. The van der Waals surface area contributed by atoms with E-state index < -0.39 is 0 Å². The zero-order valence-corrected chi connectivity index (χ0v) is 9.18. The summed E-state index contributed by atoms with van der Waals surface area (Å²) in [5.74, 6) is 1.52. The lowest BCUT2D eigenvalue weighted by Gasteiger charge is -2.28. The predicted octanol–water partition coefficient (Wildman–Crippen LogP) is 2.05. The molecule has 1 saturated heterocycles. The molecular formula is C11H23NO. The van der Waals surface area contributed by atoms with Crippen LogP contribution in [0.5, 0.6) is 0 Å². The quantitative estimate of drug-likeness (QED) is 0.708. The van der Waals surface area contributed by atoms with Crippen LogP contribution in [0.2, 0.25) is 0 Å². The second-order valence-corrected chi connectivity index (χ2v) is 4.09. The lowest BCUT2D eigenvalue weighted by Crippen LogP contribution is -2.41. The number of hydrogen-bond donors (Lipinski definition) is 1. The van der Waals surface area contributed by atoms with E-state index in [0.29, 0.717) is 6.04 Å². The first-order chi connectivity index (χ1) is 6.29. The molecule has 0 aromatic rings. The molecule has 0 spiro atoms. The minimum absolute atomic E-state index is 0.664. The van der Waals surface area contributed by atoms with Gasteiger partial charge in [-0.1, -0.05) is 27.2 Å². The Morgan fingerprint density at radius 3 is 2.69 bits per heavy atom. The second kappa shape index (κ2) is 5.61. The molecule has 1 fully saturated rings. The Morgan fingerprint density at radius 1 is 1.46 bits per heavy atom. The van der Waals surface area contributed by atoms with E-state index in [4.69, 9.17) is 4.74 Å². The van der Waals surface area contributed by atoms with Gasteiger partial charge in [0, 0.05) is 18.6 Å². The van der Waals surface area contributed by atoms with Gasteiger partial charge in [0.2, 0.25) is 0 Å². The van der Waals surface area contributed by atoms with Crippen LogP contribution in [-0.4, -0.2) is 25.8 Å². The minimum Gasteiger partial charge on any atom is -0.381 e. The van der Waals surface area contributed by atoms with Crippen LogP contribution in [-0.2, 0) is 4.74 Å². The molecule has 13 heavy (non-hydrogen) atoms. The largest absolute Gasteiger partial charge is 0.381 e. The molecule has 1 rings (SSSR count). The molecule has 3 unspecified atom stereocenters. The van der Waals surface area contributed by atoms with E-state index in [1.165, 1.54) is 12.8 Å². The van der Waals surface area contributed by atoms with Crippen molar-refractivity contribution in [1.82, 2.24) is 5.32 Å². The van der Waals surface area contributed by atoms with Crippen molar-refractivity contribution in [2.24, 2.45) is 11.8 Å². The van der Waals surface area contributed by atoms with Crippen molar-refractivity contribution in [3.05, 3.63) is 0 Å². The molecule has 0 saturated carbocycles. The molecule has 1 aliphatic rings. The van der Waals surface area contributed by atoms with Crippen LogP contribution in [0.15, 0.2) is 0 Å². The summed E-state index contributed by atoms with van der Waals surface area (Å²) in [4.78, 5) is 0. The first-order valence-electron chi connectivity index (χ1n) is 5.60. The molecule has 2 nitrogen and oxygen atoms in total. The zero-order chi connectivity index (χ0) is 9.68. The van der Waals surface area contributed by atoms with E-state index in [0.717, 1.165) is 31.6 Å². The monoisotopic (exact) mass is 185 g/mol. The maximum Gasteiger partial charge on any atom is 0.0510 e. The summed E-state index contributed by atoms with van der Waals surface area (Å²) in [6.45, 7) is 9.79. The van der Waals surface area contributed by atoms with Crippen LogP contribution in [0.1, 0.15) is 33.6 Å². The van der Waals surface area contributed by atoms with Gasteiger partial charge in [0.25, 0.3) is 0 Å². The summed E-state index contributed by atoms with van der Waals surface area (Å²) < 4.78 is 5.44. The van der Waals surface area contributed by atoms with Gasteiger partial charge < -0.3 is 10.1 Å². The lowest BCUT2D eigenvalue weighted by molar-refractivity contribution is 0.166. The van der Waals surface area contributed by atoms with Crippen LogP contribution in [0.4, 0.5) is 0 Å². The molecule has 1 aliphatic heterocycles. The van der Waals surface area contributed by atoms with Crippen molar-refractivity contribution in [3.8, 4) is 0 Å². The van der Waals surface area contributed by atoms with Crippen LogP contribution in [0.25, 0.3) is 0 Å². The molecule has 0 radical (unpaired) electrons. The summed E-state index contributed by atoms with van der Waals surface area (Å²) in [6, 6.07) is 0.664. The molecule has 0 bridgehead atoms. The predicted molar refractivity (Wildman–Crippen MR) is 55.8 cm³/mol. The second-order valence-electron chi connectivity index (χ2n) is 4.09. The van der Waals surface area contributed by atoms with Crippen molar-refractivity contribution in [1.29, 1.82) is 0 Å². The zero-order valence-electron chi connectivity index (χ0n) is 9.18. The van der Waals surface area contributed by atoms with Crippen molar-refractivity contribution in [2.75, 3.05) is 19.8 Å².